The van der Waals surface area contributed by atoms with Crippen LogP contribution in [0.2, 0.25) is 0 Å². The van der Waals surface area contributed by atoms with Gasteiger partial charge in [-0.25, -0.2) is 0 Å². The largest absolute Gasteiger partial charge is 0.344 e. The topological polar surface area (TPSA) is 91.9 Å². The van der Waals surface area contributed by atoms with E-state index in [0.29, 0.717) is 0 Å². The maximum atomic E-state index is 3.00. The first-order chi connectivity index (χ1) is 1.50. The van der Waals surface area contributed by atoms with Gasteiger partial charge in [0.05, 0.1) is 0 Å². The third-order valence-corrected chi connectivity index (χ3v) is 0.250. The Hall–Kier alpha value is -0.120. The maximum Gasteiger partial charge on any atom is 0.00772 e. The zero-order chi connectivity index (χ0) is 2.12. The molecule has 0 aromatic heterocycles. The summed E-state index contributed by atoms with van der Waals surface area (Å²) in [6.45, 7) is 2.50. The Labute approximate surface area is 31.9 Å². The van der Waals surface area contributed by atoms with Crippen LogP contribution in [0.4, 0.5) is 0 Å². The predicted molar refractivity (Wildman–Crippen MR) is 22.9 cm³/mol. The van der Waals surface area contributed by atoms with E-state index in [9.17, 15) is 0 Å². The number of nitrogens with one attached hydrogen (secondary N) is 1. The highest BCUT2D eigenvalue weighted by Crippen LogP contribution is 1.65. The van der Waals surface area contributed by atoms with Gasteiger partial charge in [0.15, 0.2) is 0 Å². The van der Waals surface area contributed by atoms with Crippen LogP contribution in [0.15, 0.2) is 0 Å². The minimum Gasteiger partial charge on any atom is -0.344 e. The lowest BCUT2D eigenvalue weighted by atomic mass is 11.0. The summed E-state index contributed by atoms with van der Waals surface area (Å²) in [5.74, 6) is 0. The fourth-order valence-corrected chi connectivity index (χ4v) is 0. The van der Waals surface area contributed by atoms with Crippen molar-refractivity contribution in [3.63, 3.8) is 0 Å². The molecule has 7 N–H and O–H groups in total. The highest BCUT2D eigenvalue weighted by atomic mass is 15.0. The summed E-state index contributed by atoms with van der Waals surface area (Å²) in [4.78, 5) is 0. The summed E-state index contributed by atoms with van der Waals surface area (Å²) in [5, 5.41) is 3.00. The fourth-order valence-electron chi connectivity index (χ4n) is 0. The Morgan fingerprint density at radius 1 is 1.00 bits per heavy atom. The van der Waals surface area contributed by atoms with E-state index in [1.54, 1.807) is 0 Å². The van der Waals surface area contributed by atoms with Gasteiger partial charge in [-0.2, -0.15) is 0 Å². The van der Waals surface area contributed by atoms with Gasteiger partial charge < -0.3 is 17.6 Å². The van der Waals surface area contributed by atoms with Crippen molar-refractivity contribution in [2.75, 3.05) is 13.1 Å². The van der Waals surface area contributed by atoms with Crippen molar-refractivity contribution in [1.29, 1.82) is 0 Å². The average molecular weight is 77.1 g/mol. The van der Waals surface area contributed by atoms with Crippen LogP contribution in [-0.2, 0) is 0 Å². The molecule has 1 fully saturated rings. The van der Waals surface area contributed by atoms with E-state index in [-0.39, 0.29) is 12.3 Å². The Kier molecular flexibility index (Phi) is 6.87. The molecule has 0 aromatic carbocycles. The summed E-state index contributed by atoms with van der Waals surface area (Å²) in [6.07, 6.45) is 0. The molecule has 0 saturated carbocycles. The van der Waals surface area contributed by atoms with Gasteiger partial charge in [0.1, 0.15) is 0 Å². The van der Waals surface area contributed by atoms with E-state index in [0.717, 1.165) is 0 Å². The smallest absolute Gasteiger partial charge is 0.00772 e. The van der Waals surface area contributed by atoms with Crippen molar-refractivity contribution in [1.82, 2.24) is 17.6 Å². The molecule has 0 unspecified atom stereocenters. The second kappa shape index (κ2) is 3.88. The van der Waals surface area contributed by atoms with Crippen LogP contribution in [-0.4, -0.2) is 13.1 Å². The zero-order valence-corrected chi connectivity index (χ0v) is 3.33. The maximum absolute atomic E-state index is 3.00. The number of hydrogen-bond donors (Lipinski definition) is 3. The summed E-state index contributed by atoms with van der Waals surface area (Å²) < 4.78 is 0. The van der Waals surface area contributed by atoms with E-state index in [1.165, 1.54) is 13.1 Å². The Bertz CT molecular complexity index is 9.61. The van der Waals surface area contributed by atoms with Gasteiger partial charge in [-0.3, -0.25) is 0 Å². The number of hydrogen-bond acceptors (Lipinski definition) is 3. The number of rotatable bonds is 0. The van der Waals surface area contributed by atoms with Crippen LogP contribution < -0.4 is 17.6 Å². The molecule has 0 radical (unpaired) electrons. The van der Waals surface area contributed by atoms with Crippen molar-refractivity contribution in [2.24, 2.45) is 0 Å². The molecule has 0 spiro atoms. The van der Waals surface area contributed by atoms with Crippen molar-refractivity contribution < 1.29 is 0 Å². The standard InChI is InChI=1S/C2H5N.2H3N/c1-2-3-1;;/h3H,1-2H2;2*1H3. The normalized spacial score (nSPS) is 14.4. The van der Waals surface area contributed by atoms with Gasteiger partial charge in [-0.1, -0.05) is 0 Å². The highest BCUT2D eigenvalue weighted by molar-refractivity contribution is 4.58. The lowest BCUT2D eigenvalue weighted by Gasteiger charge is -1.21. The van der Waals surface area contributed by atoms with Crippen LogP contribution >= 0.6 is 0 Å². The van der Waals surface area contributed by atoms with Crippen LogP contribution in [0.3, 0.4) is 0 Å². The third kappa shape index (κ3) is 17.7. The molecule has 0 aromatic rings. The van der Waals surface area contributed by atoms with Gasteiger partial charge >= 0.3 is 0 Å². The van der Waals surface area contributed by atoms with E-state index in [1.807, 2.05) is 0 Å². The molecule has 1 aliphatic rings. The molecule has 1 saturated heterocycles. The summed E-state index contributed by atoms with van der Waals surface area (Å²) >= 11 is 0. The molecule has 5 heavy (non-hydrogen) atoms. The van der Waals surface area contributed by atoms with Crippen LogP contribution in [0.5, 0.6) is 0 Å². The summed E-state index contributed by atoms with van der Waals surface area (Å²) in [6, 6.07) is 0. The molecule has 1 heterocycles. The Morgan fingerprint density at radius 3 is 1.20 bits per heavy atom. The molecule has 3 heteroatoms. The third-order valence-electron chi connectivity index (χ3n) is 0.250. The first-order valence-corrected chi connectivity index (χ1v) is 1.21. The van der Waals surface area contributed by atoms with Crippen LogP contribution in [0, 0.1) is 0 Å². The molecule has 0 bridgehead atoms. The first-order valence-electron chi connectivity index (χ1n) is 1.21. The van der Waals surface area contributed by atoms with Gasteiger partial charge in [0.2, 0.25) is 0 Å². The molecule has 0 aliphatic carbocycles. The molecule has 0 amide bonds. The Balaban J connectivity index is 0. The van der Waals surface area contributed by atoms with Crippen LogP contribution in [0.25, 0.3) is 0 Å². The van der Waals surface area contributed by atoms with Crippen molar-refractivity contribution >= 4 is 0 Å². The van der Waals surface area contributed by atoms with E-state index >= 15 is 0 Å². The summed E-state index contributed by atoms with van der Waals surface area (Å²) in [7, 11) is 0. The van der Waals surface area contributed by atoms with E-state index in [4.69, 9.17) is 0 Å². The predicted octanol–water partition coefficient (Wildman–Crippen LogP) is -0.0864. The second-order valence-electron chi connectivity index (χ2n) is 0.750. The minimum atomic E-state index is 0. The quantitative estimate of drug-likeness (QED) is 0.353. The molecule has 34 valence electrons. The molecule has 1 rings (SSSR count). The minimum absolute atomic E-state index is 0. The summed E-state index contributed by atoms with van der Waals surface area (Å²) in [5.41, 5.74) is 0. The SMILES string of the molecule is C1CN1.N.N. The molecular weight excluding hydrogens is 66.0 g/mol. The molecule has 0 atom stereocenters. The van der Waals surface area contributed by atoms with E-state index in [2.05, 4.69) is 5.32 Å². The zero-order valence-electron chi connectivity index (χ0n) is 3.33. The van der Waals surface area contributed by atoms with Gasteiger partial charge in [0, 0.05) is 13.1 Å². The van der Waals surface area contributed by atoms with Crippen LogP contribution in [0.1, 0.15) is 0 Å². The average Bonchev–Trinajstić information content (AvgIpc) is 1.46. The van der Waals surface area contributed by atoms with Gasteiger partial charge in [-0.05, 0) is 0 Å². The Morgan fingerprint density at radius 2 is 1.20 bits per heavy atom. The van der Waals surface area contributed by atoms with Gasteiger partial charge in [-0.15, -0.1) is 0 Å². The second-order valence-corrected chi connectivity index (χ2v) is 0.750. The molecule has 3 nitrogen and oxygen atoms in total. The van der Waals surface area contributed by atoms with Gasteiger partial charge in [0.25, 0.3) is 0 Å². The fraction of sp³-hybridized carbons (Fsp3) is 1.00. The molecule has 1 aliphatic heterocycles. The first kappa shape index (κ1) is 8.86. The van der Waals surface area contributed by atoms with Crippen molar-refractivity contribution in [2.45, 2.75) is 0 Å². The molecular formula is C2H11N3. The van der Waals surface area contributed by atoms with E-state index < -0.39 is 0 Å². The highest BCUT2D eigenvalue weighted by Gasteiger charge is 1.91. The van der Waals surface area contributed by atoms with Crippen molar-refractivity contribution in [3.05, 3.63) is 0 Å². The lowest BCUT2D eigenvalue weighted by molar-refractivity contribution is 1.34. The monoisotopic (exact) mass is 77.1 g/mol. The lowest BCUT2D eigenvalue weighted by Crippen LogP contribution is -1.56. The van der Waals surface area contributed by atoms with Crippen molar-refractivity contribution in [3.8, 4) is 0 Å².